The van der Waals surface area contributed by atoms with E-state index in [-0.39, 0.29) is 5.91 Å². The predicted molar refractivity (Wildman–Crippen MR) is 66.6 cm³/mol. The molecule has 0 aliphatic heterocycles. The van der Waals surface area contributed by atoms with Crippen LogP contribution in [0.2, 0.25) is 0 Å². The van der Waals surface area contributed by atoms with Crippen LogP contribution in [0, 0.1) is 12.8 Å². The third-order valence-corrected chi connectivity index (χ3v) is 3.01. The number of nitrogens with two attached hydrogens (primary N) is 1. The van der Waals surface area contributed by atoms with Gasteiger partial charge in [-0.05, 0) is 25.7 Å². The number of aryl methyl sites for hydroxylation is 1. The highest BCUT2D eigenvalue weighted by Gasteiger charge is 2.35. The Morgan fingerprint density at radius 3 is 2.65 bits per heavy atom. The Hall–Kier alpha value is -1.52. The van der Waals surface area contributed by atoms with Gasteiger partial charge in [0.25, 0.3) is 5.91 Å². The Morgan fingerprint density at radius 2 is 2.24 bits per heavy atom. The van der Waals surface area contributed by atoms with E-state index in [0.717, 1.165) is 25.1 Å². The minimum atomic E-state index is -0.0388. The first kappa shape index (κ1) is 12.0. The Kier molecular flexibility index (Phi) is 3.09. The molecule has 1 amide bonds. The third-order valence-electron chi connectivity index (χ3n) is 3.01. The summed E-state index contributed by atoms with van der Waals surface area (Å²) < 4.78 is 0. The van der Waals surface area contributed by atoms with Crippen molar-refractivity contribution in [2.45, 2.75) is 39.7 Å². The average Bonchev–Trinajstić information content (AvgIpc) is 3.04. The fourth-order valence-electron chi connectivity index (χ4n) is 1.91. The van der Waals surface area contributed by atoms with Gasteiger partial charge in [0.15, 0.2) is 5.69 Å². The number of anilines is 1. The molecule has 1 aromatic rings. The molecule has 0 atom stereocenters. The predicted octanol–water partition coefficient (Wildman–Crippen LogP) is 1.56. The molecule has 3 N–H and O–H groups in total. The number of hydrogen-bond acceptors (Lipinski definition) is 3. The number of carbonyl (C=O) groups excluding carboxylic acids is 1. The van der Waals surface area contributed by atoms with Crippen molar-refractivity contribution in [2.75, 3.05) is 12.3 Å². The summed E-state index contributed by atoms with van der Waals surface area (Å²) in [4.78, 5) is 14.3. The van der Waals surface area contributed by atoms with E-state index in [1.54, 1.807) is 0 Å². The summed E-state index contributed by atoms with van der Waals surface area (Å²) in [5.74, 6) is 0.420. The molecule has 0 radical (unpaired) electrons. The zero-order valence-electron chi connectivity index (χ0n) is 10.7. The second kappa shape index (κ2) is 4.39. The smallest absolute Gasteiger partial charge is 0.276 e. The summed E-state index contributed by atoms with van der Waals surface area (Å²) in [5.41, 5.74) is 7.46. The standard InChI is InChI=1S/C12H20N4O/c1-7(2)6-16(9-4-5-9)12(17)11-10(13)8(3)14-15-11/h7,9H,4-6,13H2,1-3H3,(H,14,15). The molecule has 0 saturated heterocycles. The molecule has 5 nitrogen and oxygen atoms in total. The lowest BCUT2D eigenvalue weighted by molar-refractivity contribution is 0.0717. The molecule has 1 saturated carbocycles. The molecule has 94 valence electrons. The Balaban J connectivity index is 2.18. The van der Waals surface area contributed by atoms with Gasteiger partial charge in [0, 0.05) is 12.6 Å². The first-order valence-electron chi connectivity index (χ1n) is 6.12. The van der Waals surface area contributed by atoms with Crippen LogP contribution in [-0.4, -0.2) is 33.6 Å². The average molecular weight is 236 g/mol. The van der Waals surface area contributed by atoms with E-state index in [2.05, 4.69) is 24.0 Å². The lowest BCUT2D eigenvalue weighted by Crippen LogP contribution is -2.36. The van der Waals surface area contributed by atoms with Gasteiger partial charge in [-0.3, -0.25) is 9.89 Å². The summed E-state index contributed by atoms with van der Waals surface area (Å²) in [6, 6.07) is 0.390. The molecule has 5 heteroatoms. The van der Waals surface area contributed by atoms with Gasteiger partial charge in [-0.25, -0.2) is 0 Å². The fourth-order valence-corrected chi connectivity index (χ4v) is 1.91. The van der Waals surface area contributed by atoms with Gasteiger partial charge in [0.05, 0.1) is 11.4 Å². The van der Waals surface area contributed by atoms with E-state index in [1.165, 1.54) is 0 Å². The maximum Gasteiger partial charge on any atom is 0.276 e. The molecule has 0 aromatic carbocycles. The Morgan fingerprint density at radius 1 is 1.59 bits per heavy atom. The molecule has 0 bridgehead atoms. The first-order valence-corrected chi connectivity index (χ1v) is 6.12. The van der Waals surface area contributed by atoms with E-state index in [0.29, 0.717) is 23.3 Å². The van der Waals surface area contributed by atoms with E-state index in [1.807, 2.05) is 11.8 Å². The molecule has 1 heterocycles. The topological polar surface area (TPSA) is 75.0 Å². The van der Waals surface area contributed by atoms with Gasteiger partial charge in [0.1, 0.15) is 0 Å². The number of rotatable bonds is 4. The lowest BCUT2D eigenvalue weighted by atomic mass is 10.2. The van der Waals surface area contributed by atoms with E-state index in [9.17, 15) is 4.79 Å². The second-order valence-corrected chi connectivity index (χ2v) is 5.19. The number of aromatic amines is 1. The zero-order chi connectivity index (χ0) is 12.6. The largest absolute Gasteiger partial charge is 0.395 e. The number of amides is 1. The minimum absolute atomic E-state index is 0.0388. The number of nitrogens with one attached hydrogen (secondary N) is 1. The second-order valence-electron chi connectivity index (χ2n) is 5.19. The Labute approximate surface area is 101 Å². The summed E-state index contributed by atoms with van der Waals surface area (Å²) in [7, 11) is 0. The zero-order valence-corrected chi connectivity index (χ0v) is 10.7. The van der Waals surface area contributed by atoms with Crippen molar-refractivity contribution in [3.63, 3.8) is 0 Å². The maximum absolute atomic E-state index is 12.4. The monoisotopic (exact) mass is 236 g/mol. The summed E-state index contributed by atoms with van der Waals surface area (Å²) in [6.45, 7) is 6.82. The van der Waals surface area contributed by atoms with Crippen molar-refractivity contribution in [2.24, 2.45) is 5.92 Å². The quantitative estimate of drug-likeness (QED) is 0.833. The van der Waals surface area contributed by atoms with Crippen LogP contribution >= 0.6 is 0 Å². The first-order chi connectivity index (χ1) is 8.00. The number of H-pyrrole nitrogens is 1. The van der Waals surface area contributed by atoms with Crippen LogP contribution in [0.4, 0.5) is 5.69 Å². The maximum atomic E-state index is 12.4. The highest BCUT2D eigenvalue weighted by Crippen LogP contribution is 2.29. The molecule has 1 fully saturated rings. The third kappa shape index (κ3) is 2.43. The van der Waals surface area contributed by atoms with Crippen molar-refractivity contribution in [3.8, 4) is 0 Å². The molecule has 2 rings (SSSR count). The van der Waals surface area contributed by atoms with E-state index < -0.39 is 0 Å². The summed E-state index contributed by atoms with van der Waals surface area (Å²) in [5, 5.41) is 6.78. The lowest BCUT2D eigenvalue weighted by Gasteiger charge is -2.23. The van der Waals surface area contributed by atoms with Crippen LogP contribution in [0.3, 0.4) is 0 Å². The van der Waals surface area contributed by atoms with Gasteiger partial charge >= 0.3 is 0 Å². The summed E-state index contributed by atoms with van der Waals surface area (Å²) in [6.07, 6.45) is 2.20. The Bertz CT molecular complexity index is 420. The highest BCUT2D eigenvalue weighted by molar-refractivity contribution is 5.97. The van der Waals surface area contributed by atoms with Gasteiger partial charge in [-0.2, -0.15) is 5.10 Å². The van der Waals surface area contributed by atoms with Crippen LogP contribution in [0.5, 0.6) is 0 Å². The number of hydrogen-bond donors (Lipinski definition) is 2. The van der Waals surface area contributed by atoms with E-state index >= 15 is 0 Å². The van der Waals surface area contributed by atoms with Crippen molar-refractivity contribution < 1.29 is 4.79 Å². The van der Waals surface area contributed by atoms with Crippen LogP contribution in [0.25, 0.3) is 0 Å². The van der Waals surface area contributed by atoms with Crippen molar-refractivity contribution in [3.05, 3.63) is 11.4 Å². The summed E-state index contributed by atoms with van der Waals surface area (Å²) >= 11 is 0. The van der Waals surface area contributed by atoms with Crippen molar-refractivity contribution >= 4 is 11.6 Å². The van der Waals surface area contributed by atoms with Crippen LogP contribution in [-0.2, 0) is 0 Å². The molecule has 1 aliphatic rings. The molecule has 0 spiro atoms. The van der Waals surface area contributed by atoms with Crippen molar-refractivity contribution in [1.82, 2.24) is 15.1 Å². The molecular weight excluding hydrogens is 216 g/mol. The molecule has 17 heavy (non-hydrogen) atoms. The number of aromatic nitrogens is 2. The van der Waals surface area contributed by atoms with Gasteiger partial charge in [0.2, 0.25) is 0 Å². The number of nitrogen functional groups attached to an aromatic ring is 1. The SMILES string of the molecule is Cc1[nH]nc(C(=O)N(CC(C)C)C2CC2)c1N. The molecule has 1 aliphatic carbocycles. The van der Waals surface area contributed by atoms with Crippen molar-refractivity contribution in [1.29, 1.82) is 0 Å². The van der Waals surface area contributed by atoms with Gasteiger partial charge in [-0.15, -0.1) is 0 Å². The van der Waals surface area contributed by atoms with Crippen LogP contribution in [0.15, 0.2) is 0 Å². The van der Waals surface area contributed by atoms with Gasteiger partial charge in [-0.1, -0.05) is 13.8 Å². The highest BCUT2D eigenvalue weighted by atomic mass is 16.2. The molecule has 0 unspecified atom stereocenters. The van der Waals surface area contributed by atoms with Crippen LogP contribution < -0.4 is 5.73 Å². The number of nitrogens with zero attached hydrogens (tertiary/aromatic N) is 2. The van der Waals surface area contributed by atoms with Gasteiger partial charge < -0.3 is 10.6 Å². The van der Waals surface area contributed by atoms with E-state index in [4.69, 9.17) is 5.73 Å². The number of carbonyl (C=O) groups is 1. The fraction of sp³-hybridized carbons (Fsp3) is 0.667. The molecular formula is C12H20N4O. The normalized spacial score (nSPS) is 15.3. The van der Waals surface area contributed by atoms with Crippen LogP contribution in [0.1, 0.15) is 42.9 Å². The molecule has 1 aromatic heterocycles. The minimum Gasteiger partial charge on any atom is -0.395 e.